The lowest BCUT2D eigenvalue weighted by molar-refractivity contribution is 0.326. The molecule has 0 unspecified atom stereocenters. The Kier molecular flexibility index (Phi) is 3.51. The molecule has 1 saturated carbocycles. The van der Waals surface area contributed by atoms with Crippen molar-refractivity contribution in [2.24, 2.45) is 0 Å². The number of rotatable bonds is 3. The van der Waals surface area contributed by atoms with Gasteiger partial charge in [-0.3, -0.25) is 4.68 Å². The first-order valence-corrected chi connectivity index (χ1v) is 9.60. The lowest BCUT2D eigenvalue weighted by Crippen LogP contribution is -2.38. The summed E-state index contributed by atoms with van der Waals surface area (Å²) in [5.41, 5.74) is 2.69. The second kappa shape index (κ2) is 5.33. The third-order valence-electron chi connectivity index (χ3n) is 4.61. The van der Waals surface area contributed by atoms with Crippen molar-refractivity contribution in [3.05, 3.63) is 46.2 Å². The van der Waals surface area contributed by atoms with E-state index in [2.05, 4.69) is 11.2 Å². The standard InChI is InChI=1S/C16H18ClN3O2S/c1-11-14(17)3-2-4-16(11)23(21,22)19-7-8-20-13(10-19)9-15(18-20)12-5-6-12/h2-4,9,12H,5-8,10H2,1H3. The van der Waals surface area contributed by atoms with Crippen molar-refractivity contribution in [3.63, 3.8) is 0 Å². The van der Waals surface area contributed by atoms with Crippen molar-refractivity contribution in [2.75, 3.05) is 6.54 Å². The summed E-state index contributed by atoms with van der Waals surface area (Å²) in [6.45, 7) is 3.15. The minimum atomic E-state index is -3.55. The van der Waals surface area contributed by atoms with Crippen LogP contribution >= 0.6 is 11.6 Å². The number of hydrogen-bond acceptors (Lipinski definition) is 3. The van der Waals surface area contributed by atoms with E-state index in [9.17, 15) is 8.42 Å². The van der Waals surface area contributed by atoms with E-state index in [1.807, 2.05) is 4.68 Å². The van der Waals surface area contributed by atoms with Crippen LogP contribution < -0.4 is 0 Å². The molecule has 0 spiro atoms. The van der Waals surface area contributed by atoms with E-state index < -0.39 is 10.0 Å². The highest BCUT2D eigenvalue weighted by atomic mass is 35.5. The molecule has 0 amide bonds. The van der Waals surface area contributed by atoms with Gasteiger partial charge in [-0.2, -0.15) is 9.40 Å². The van der Waals surface area contributed by atoms with Gasteiger partial charge in [0, 0.05) is 17.5 Å². The summed E-state index contributed by atoms with van der Waals surface area (Å²) < 4.78 is 29.4. The van der Waals surface area contributed by atoms with Gasteiger partial charge in [0.25, 0.3) is 0 Å². The molecule has 1 fully saturated rings. The summed E-state index contributed by atoms with van der Waals surface area (Å²) in [6, 6.07) is 7.08. The van der Waals surface area contributed by atoms with Gasteiger partial charge in [-0.05, 0) is 43.5 Å². The Morgan fingerprint density at radius 3 is 2.78 bits per heavy atom. The van der Waals surface area contributed by atoms with E-state index in [1.54, 1.807) is 25.1 Å². The molecule has 1 aliphatic heterocycles. The summed E-state index contributed by atoms with van der Waals surface area (Å²) in [4.78, 5) is 0.292. The molecular weight excluding hydrogens is 334 g/mol. The molecule has 0 saturated heterocycles. The molecule has 2 aromatic rings. The Morgan fingerprint density at radius 1 is 1.26 bits per heavy atom. The highest BCUT2D eigenvalue weighted by Crippen LogP contribution is 2.40. The van der Waals surface area contributed by atoms with E-state index in [4.69, 9.17) is 11.6 Å². The Hall–Kier alpha value is -1.37. The Balaban J connectivity index is 1.66. The van der Waals surface area contributed by atoms with E-state index >= 15 is 0 Å². The molecule has 0 N–H and O–H groups in total. The molecule has 0 bridgehead atoms. The first-order chi connectivity index (χ1) is 11.0. The molecule has 122 valence electrons. The number of nitrogens with zero attached hydrogens (tertiary/aromatic N) is 3. The minimum Gasteiger partial charge on any atom is -0.267 e. The second-order valence-corrected chi connectivity index (χ2v) is 8.57. The van der Waals surface area contributed by atoms with Gasteiger partial charge in [0.15, 0.2) is 0 Å². The fourth-order valence-corrected chi connectivity index (χ4v) is 4.93. The molecule has 0 atom stereocenters. The third-order valence-corrected chi connectivity index (χ3v) is 7.01. The van der Waals surface area contributed by atoms with Crippen molar-refractivity contribution in [1.82, 2.24) is 14.1 Å². The molecule has 4 rings (SSSR count). The molecule has 5 nitrogen and oxygen atoms in total. The van der Waals surface area contributed by atoms with Gasteiger partial charge in [-0.1, -0.05) is 17.7 Å². The lowest BCUT2D eigenvalue weighted by atomic mass is 10.2. The quantitative estimate of drug-likeness (QED) is 0.854. The molecule has 1 aliphatic carbocycles. The van der Waals surface area contributed by atoms with Gasteiger partial charge in [0.05, 0.1) is 29.4 Å². The first-order valence-electron chi connectivity index (χ1n) is 7.79. The molecule has 23 heavy (non-hydrogen) atoms. The smallest absolute Gasteiger partial charge is 0.243 e. The fraction of sp³-hybridized carbons (Fsp3) is 0.438. The number of halogens is 1. The van der Waals surface area contributed by atoms with Crippen LogP contribution in [0.15, 0.2) is 29.2 Å². The van der Waals surface area contributed by atoms with Gasteiger partial charge in [-0.25, -0.2) is 8.42 Å². The summed E-state index contributed by atoms with van der Waals surface area (Å²) in [5.74, 6) is 0.577. The molecule has 2 heterocycles. The monoisotopic (exact) mass is 351 g/mol. The number of fused-ring (bicyclic) bond motifs is 1. The molecule has 7 heteroatoms. The zero-order chi connectivity index (χ0) is 16.2. The number of hydrogen-bond donors (Lipinski definition) is 0. The van der Waals surface area contributed by atoms with Gasteiger partial charge in [-0.15, -0.1) is 0 Å². The zero-order valence-corrected chi connectivity index (χ0v) is 14.4. The average molecular weight is 352 g/mol. The first kappa shape index (κ1) is 15.2. The van der Waals surface area contributed by atoms with Crippen molar-refractivity contribution in [2.45, 2.75) is 43.7 Å². The van der Waals surface area contributed by atoms with Crippen LogP contribution in [0.4, 0.5) is 0 Å². The molecular formula is C16H18ClN3O2S. The van der Waals surface area contributed by atoms with Gasteiger partial charge in [0.1, 0.15) is 0 Å². The van der Waals surface area contributed by atoms with Crippen molar-refractivity contribution < 1.29 is 8.42 Å². The topological polar surface area (TPSA) is 55.2 Å². The van der Waals surface area contributed by atoms with Crippen LogP contribution in [-0.4, -0.2) is 29.0 Å². The summed E-state index contributed by atoms with van der Waals surface area (Å²) >= 11 is 6.09. The molecule has 2 aliphatic rings. The molecule has 0 radical (unpaired) electrons. The maximum Gasteiger partial charge on any atom is 0.243 e. The summed E-state index contributed by atoms with van der Waals surface area (Å²) in [5, 5.41) is 5.08. The number of aromatic nitrogens is 2. The molecule has 1 aromatic carbocycles. The third kappa shape index (κ3) is 2.58. The van der Waals surface area contributed by atoms with Crippen LogP contribution in [0.5, 0.6) is 0 Å². The van der Waals surface area contributed by atoms with Gasteiger partial charge < -0.3 is 0 Å². The minimum absolute atomic E-state index is 0.292. The molecule has 1 aromatic heterocycles. The van der Waals surface area contributed by atoms with Crippen molar-refractivity contribution in [1.29, 1.82) is 0 Å². The zero-order valence-electron chi connectivity index (χ0n) is 12.9. The Morgan fingerprint density at radius 2 is 2.04 bits per heavy atom. The summed E-state index contributed by atoms with van der Waals surface area (Å²) in [6.07, 6.45) is 2.39. The highest BCUT2D eigenvalue weighted by Gasteiger charge is 2.33. The van der Waals surface area contributed by atoms with Gasteiger partial charge >= 0.3 is 0 Å². The largest absolute Gasteiger partial charge is 0.267 e. The van der Waals surface area contributed by atoms with Gasteiger partial charge in [0.2, 0.25) is 10.0 Å². The van der Waals surface area contributed by atoms with Crippen LogP contribution in [0.3, 0.4) is 0 Å². The second-order valence-electron chi connectivity index (χ2n) is 6.26. The number of benzene rings is 1. The van der Waals surface area contributed by atoms with E-state index in [0.717, 1.165) is 11.4 Å². The highest BCUT2D eigenvalue weighted by molar-refractivity contribution is 7.89. The summed E-state index contributed by atoms with van der Waals surface area (Å²) in [7, 11) is -3.55. The predicted molar refractivity (Wildman–Crippen MR) is 88.0 cm³/mol. The number of sulfonamides is 1. The van der Waals surface area contributed by atoms with Crippen LogP contribution in [-0.2, 0) is 23.1 Å². The SMILES string of the molecule is Cc1c(Cl)cccc1S(=O)(=O)N1CCn2nc(C3CC3)cc2C1. The van der Waals surface area contributed by atoms with Crippen LogP contribution in [0.1, 0.15) is 35.7 Å². The normalized spacial score (nSPS) is 18.9. The van der Waals surface area contributed by atoms with Crippen molar-refractivity contribution >= 4 is 21.6 Å². The Labute approximate surface area is 140 Å². The maximum atomic E-state index is 13.0. The lowest BCUT2D eigenvalue weighted by Gasteiger charge is -2.27. The van der Waals surface area contributed by atoms with E-state index in [-0.39, 0.29) is 0 Å². The average Bonchev–Trinajstić information content (AvgIpc) is 3.28. The van der Waals surface area contributed by atoms with E-state index in [1.165, 1.54) is 17.1 Å². The van der Waals surface area contributed by atoms with Crippen LogP contribution in [0.2, 0.25) is 5.02 Å². The fourth-order valence-electron chi connectivity index (χ4n) is 3.05. The maximum absolute atomic E-state index is 13.0. The Bertz CT molecular complexity index is 871. The predicted octanol–water partition coefficient (Wildman–Crippen LogP) is 2.93. The van der Waals surface area contributed by atoms with Crippen LogP contribution in [0, 0.1) is 6.92 Å². The van der Waals surface area contributed by atoms with E-state index in [0.29, 0.717) is 41.0 Å². The van der Waals surface area contributed by atoms with Crippen LogP contribution in [0.25, 0.3) is 0 Å². The van der Waals surface area contributed by atoms with Crippen molar-refractivity contribution in [3.8, 4) is 0 Å².